The summed E-state index contributed by atoms with van der Waals surface area (Å²) in [6.45, 7) is 11.4. The van der Waals surface area contributed by atoms with Gasteiger partial charge in [0.2, 0.25) is 0 Å². The van der Waals surface area contributed by atoms with Crippen molar-refractivity contribution in [1.29, 1.82) is 0 Å². The van der Waals surface area contributed by atoms with E-state index >= 15 is 0 Å². The van der Waals surface area contributed by atoms with Gasteiger partial charge in [-0.3, -0.25) is 20.3 Å². The summed E-state index contributed by atoms with van der Waals surface area (Å²) in [4.78, 5) is 23.3. The molecule has 0 atom stereocenters. The Hall–Kier alpha value is -2.32. The maximum atomic E-state index is 12.5. The zero-order valence-electron chi connectivity index (χ0n) is 16.7. The van der Waals surface area contributed by atoms with Crippen LogP contribution in [0.4, 0.5) is 16.2 Å². The summed E-state index contributed by atoms with van der Waals surface area (Å²) in [5.41, 5.74) is 3.82. The third kappa shape index (κ3) is 5.83. The number of benzene rings is 1. The van der Waals surface area contributed by atoms with Gasteiger partial charge in [0.25, 0.3) is 5.97 Å². The highest BCUT2D eigenvalue weighted by Crippen LogP contribution is 2.36. The van der Waals surface area contributed by atoms with E-state index in [0.29, 0.717) is 6.54 Å². The van der Waals surface area contributed by atoms with Crippen LogP contribution >= 0.6 is 0 Å². The van der Waals surface area contributed by atoms with Crippen LogP contribution < -0.4 is 20.9 Å². The topological polar surface area (TPSA) is 103 Å². The number of ether oxygens (including phenoxy) is 1. The number of aliphatic carboxylic acids is 1. The van der Waals surface area contributed by atoms with Crippen molar-refractivity contribution in [2.75, 3.05) is 29.9 Å². The summed E-state index contributed by atoms with van der Waals surface area (Å²) in [7, 11) is 0. The van der Waals surface area contributed by atoms with Gasteiger partial charge in [-0.25, -0.2) is 4.79 Å². The molecule has 150 valence electrons. The summed E-state index contributed by atoms with van der Waals surface area (Å²) in [6, 6.07) is 4.19. The summed E-state index contributed by atoms with van der Waals surface area (Å²) >= 11 is 0. The van der Waals surface area contributed by atoms with Crippen molar-refractivity contribution >= 4 is 23.4 Å². The normalized spacial score (nSPS) is 16.4. The van der Waals surface area contributed by atoms with Crippen LogP contribution in [0.5, 0.6) is 0 Å². The van der Waals surface area contributed by atoms with Crippen molar-refractivity contribution in [2.45, 2.75) is 52.9 Å². The lowest BCUT2D eigenvalue weighted by atomic mass is 10.1. The van der Waals surface area contributed by atoms with Gasteiger partial charge in [0.15, 0.2) is 0 Å². The Morgan fingerprint density at radius 1 is 1.26 bits per heavy atom. The minimum absolute atomic E-state index is 0.0723. The van der Waals surface area contributed by atoms with Gasteiger partial charge >= 0.3 is 6.09 Å². The predicted molar refractivity (Wildman–Crippen MR) is 105 cm³/mol. The molecule has 8 heteroatoms. The number of rotatable bonds is 2. The number of nitrogens with one attached hydrogen (secondary N) is 3. The zero-order chi connectivity index (χ0) is 20.2. The molecule has 8 nitrogen and oxygen atoms in total. The van der Waals surface area contributed by atoms with Crippen molar-refractivity contribution in [3.8, 4) is 0 Å². The quantitative estimate of drug-likeness (QED) is 0.626. The fourth-order valence-corrected chi connectivity index (χ4v) is 3.10. The van der Waals surface area contributed by atoms with E-state index in [1.165, 1.54) is 5.56 Å². The average molecular weight is 378 g/mol. The minimum atomic E-state index is -0.833. The molecule has 2 aliphatic heterocycles. The first-order valence-electron chi connectivity index (χ1n) is 9.14. The molecule has 4 N–H and O–H groups in total. The number of hydrogen-bond acceptors (Lipinski definition) is 6. The molecule has 1 amide bonds. The Morgan fingerprint density at radius 2 is 1.85 bits per heavy atom. The minimum Gasteiger partial charge on any atom is -0.481 e. The van der Waals surface area contributed by atoms with E-state index < -0.39 is 11.6 Å². The van der Waals surface area contributed by atoms with E-state index in [2.05, 4.69) is 35.0 Å². The molecule has 1 aromatic carbocycles. The monoisotopic (exact) mass is 378 g/mol. The van der Waals surface area contributed by atoms with Crippen molar-refractivity contribution in [3.63, 3.8) is 0 Å². The van der Waals surface area contributed by atoms with E-state index in [1.54, 1.807) is 4.90 Å². The number of anilines is 2. The summed E-state index contributed by atoms with van der Waals surface area (Å²) < 4.78 is 5.55. The van der Waals surface area contributed by atoms with Crippen molar-refractivity contribution < 1.29 is 19.4 Å². The Kier molecular flexibility index (Phi) is 6.67. The molecule has 2 heterocycles. The van der Waals surface area contributed by atoms with Gasteiger partial charge in [-0.2, -0.15) is 0 Å². The number of nitrogens with zero attached hydrogens (tertiary/aromatic N) is 1. The van der Waals surface area contributed by atoms with Gasteiger partial charge in [-0.05, 0) is 51.3 Å². The van der Waals surface area contributed by atoms with E-state index in [4.69, 9.17) is 14.6 Å². The van der Waals surface area contributed by atoms with Gasteiger partial charge in [-0.15, -0.1) is 0 Å². The molecule has 0 radical (unpaired) electrons. The SMILES string of the molecule is CC(=O)O.Cc1c(NC2NCCN2)ccc2c1N(C(=O)OC(C)(C)C)CC2. The van der Waals surface area contributed by atoms with Crippen LogP contribution in [-0.4, -0.2) is 48.7 Å². The first kappa shape index (κ1) is 21.0. The Labute approximate surface area is 160 Å². The molecule has 2 aliphatic rings. The molecule has 0 aliphatic carbocycles. The van der Waals surface area contributed by atoms with Gasteiger partial charge in [-0.1, -0.05) is 6.07 Å². The van der Waals surface area contributed by atoms with Crippen molar-refractivity contribution in [1.82, 2.24) is 10.6 Å². The lowest BCUT2D eigenvalue weighted by molar-refractivity contribution is -0.134. The Balaban J connectivity index is 0.000000596. The smallest absolute Gasteiger partial charge is 0.414 e. The van der Waals surface area contributed by atoms with Crippen molar-refractivity contribution in [2.24, 2.45) is 0 Å². The highest BCUT2D eigenvalue weighted by atomic mass is 16.6. The molecule has 0 saturated carbocycles. The fraction of sp³-hybridized carbons (Fsp3) is 0.579. The van der Waals surface area contributed by atoms with Crippen LogP contribution in [0.1, 0.15) is 38.8 Å². The summed E-state index contributed by atoms with van der Waals surface area (Å²) in [5.74, 6) is -0.833. The van der Waals surface area contributed by atoms with Crippen LogP contribution in [0, 0.1) is 6.92 Å². The highest BCUT2D eigenvalue weighted by Gasteiger charge is 2.31. The second-order valence-corrected chi connectivity index (χ2v) is 7.63. The lowest BCUT2D eigenvalue weighted by Gasteiger charge is -2.26. The molecule has 1 aromatic rings. The maximum Gasteiger partial charge on any atom is 0.414 e. The van der Waals surface area contributed by atoms with Crippen LogP contribution in [0.25, 0.3) is 0 Å². The standard InChI is InChI=1S/C17H26N4O2.C2H4O2/c1-11-13(20-15-18-8-9-19-15)6-5-12-7-10-21(14(11)12)16(22)23-17(2,3)4;1-2(3)4/h5-6,15,18-20H,7-10H2,1-4H3;1H3,(H,3,4). The van der Waals surface area contributed by atoms with Gasteiger partial charge in [0, 0.05) is 32.2 Å². The Morgan fingerprint density at radius 3 is 2.41 bits per heavy atom. The number of carboxylic acid groups (broad SMARTS) is 1. The first-order chi connectivity index (χ1) is 12.6. The second kappa shape index (κ2) is 8.58. The maximum absolute atomic E-state index is 12.5. The fourth-order valence-electron chi connectivity index (χ4n) is 3.10. The van der Waals surface area contributed by atoms with E-state index in [1.807, 2.05) is 20.8 Å². The highest BCUT2D eigenvalue weighted by molar-refractivity contribution is 5.93. The molecular weight excluding hydrogens is 348 g/mol. The molecule has 27 heavy (non-hydrogen) atoms. The second-order valence-electron chi connectivity index (χ2n) is 7.63. The van der Waals surface area contributed by atoms with Gasteiger partial charge in [0.1, 0.15) is 11.9 Å². The summed E-state index contributed by atoms with van der Waals surface area (Å²) in [5, 5.41) is 17.5. The molecule has 1 saturated heterocycles. The first-order valence-corrected chi connectivity index (χ1v) is 9.14. The number of carbonyl (C=O) groups excluding carboxylic acids is 1. The lowest BCUT2D eigenvalue weighted by Crippen LogP contribution is -2.39. The molecule has 0 spiro atoms. The predicted octanol–water partition coefficient (Wildman–Crippen LogP) is 2.27. The van der Waals surface area contributed by atoms with Crippen LogP contribution in [0.2, 0.25) is 0 Å². The molecule has 0 aromatic heterocycles. The van der Waals surface area contributed by atoms with E-state index in [0.717, 1.165) is 43.4 Å². The van der Waals surface area contributed by atoms with Crippen LogP contribution in [0.15, 0.2) is 12.1 Å². The molecular formula is C19H30N4O4. The third-order valence-corrected chi connectivity index (χ3v) is 4.12. The van der Waals surface area contributed by atoms with Crippen LogP contribution in [-0.2, 0) is 16.0 Å². The number of carbonyl (C=O) groups is 2. The molecule has 0 bridgehead atoms. The number of carboxylic acids is 1. The molecule has 1 fully saturated rings. The van der Waals surface area contributed by atoms with Crippen molar-refractivity contribution in [3.05, 3.63) is 23.3 Å². The van der Waals surface area contributed by atoms with Gasteiger partial charge < -0.3 is 15.2 Å². The van der Waals surface area contributed by atoms with E-state index in [9.17, 15) is 4.79 Å². The number of amides is 1. The number of hydrogen-bond donors (Lipinski definition) is 4. The van der Waals surface area contributed by atoms with Gasteiger partial charge in [0.05, 0.1) is 5.69 Å². The van der Waals surface area contributed by atoms with E-state index in [-0.39, 0.29) is 12.4 Å². The van der Waals surface area contributed by atoms with Crippen LogP contribution in [0.3, 0.4) is 0 Å². The number of fused-ring (bicyclic) bond motifs is 1. The largest absolute Gasteiger partial charge is 0.481 e. The average Bonchev–Trinajstić information content (AvgIpc) is 3.17. The zero-order valence-corrected chi connectivity index (χ0v) is 16.7. The third-order valence-electron chi connectivity index (χ3n) is 4.12. The summed E-state index contributed by atoms with van der Waals surface area (Å²) in [6.07, 6.45) is 0.673. The molecule has 0 unspecified atom stereocenters. The molecule has 3 rings (SSSR count). The Bertz CT molecular complexity index is 690.